The number of nitrogens with one attached hydrogen (secondary N) is 1. The Morgan fingerprint density at radius 3 is 2.86 bits per heavy atom. The lowest BCUT2D eigenvalue weighted by Gasteiger charge is -2.11. The van der Waals surface area contributed by atoms with Gasteiger partial charge in [-0.3, -0.25) is 5.41 Å². The second-order valence-corrected chi connectivity index (χ2v) is 5.62. The fourth-order valence-electron chi connectivity index (χ4n) is 2.23. The second-order valence-electron chi connectivity index (χ2n) is 4.64. The summed E-state index contributed by atoms with van der Waals surface area (Å²) in [6, 6.07) is 7.71. The first-order chi connectivity index (χ1) is 10.2. The molecule has 0 atom stereocenters. The van der Waals surface area contributed by atoms with Crippen molar-refractivity contribution in [2.75, 3.05) is 0 Å². The van der Waals surface area contributed by atoms with Gasteiger partial charge in [0.25, 0.3) is 0 Å². The van der Waals surface area contributed by atoms with Gasteiger partial charge in [0.05, 0.1) is 11.4 Å². The summed E-state index contributed by atoms with van der Waals surface area (Å²) >= 11 is 1.63. The van der Waals surface area contributed by atoms with Crippen molar-refractivity contribution in [3.63, 3.8) is 0 Å². The minimum Gasteiger partial charge on any atom is -0.384 e. The Bertz CT molecular complexity index is 745. The van der Waals surface area contributed by atoms with E-state index in [2.05, 4.69) is 14.5 Å². The summed E-state index contributed by atoms with van der Waals surface area (Å²) in [7, 11) is 0. The van der Waals surface area contributed by atoms with Crippen molar-refractivity contribution < 1.29 is 0 Å². The molecule has 0 aliphatic carbocycles. The lowest BCUT2D eigenvalue weighted by Crippen LogP contribution is -2.15. The van der Waals surface area contributed by atoms with Crippen molar-refractivity contribution in [1.82, 2.24) is 14.5 Å². The summed E-state index contributed by atoms with van der Waals surface area (Å²) < 4.78 is 2.07. The number of nitrogen functional groups attached to an aromatic ring is 1. The van der Waals surface area contributed by atoms with Crippen LogP contribution in [-0.2, 0) is 13.0 Å². The van der Waals surface area contributed by atoms with Crippen LogP contribution in [0.5, 0.6) is 0 Å². The van der Waals surface area contributed by atoms with Gasteiger partial charge in [0.1, 0.15) is 11.7 Å². The molecular formula is C15H15N5S. The molecule has 1 aromatic carbocycles. The van der Waals surface area contributed by atoms with Crippen LogP contribution in [0.4, 0.5) is 0 Å². The van der Waals surface area contributed by atoms with Gasteiger partial charge in [-0.25, -0.2) is 9.97 Å². The number of nitrogens with zero attached hydrogens (tertiary/aromatic N) is 3. The minimum absolute atomic E-state index is 0.0900. The molecule has 0 radical (unpaired) electrons. The van der Waals surface area contributed by atoms with Gasteiger partial charge in [-0.05, 0) is 5.56 Å². The van der Waals surface area contributed by atoms with Crippen LogP contribution in [0.3, 0.4) is 0 Å². The second kappa shape index (κ2) is 5.88. The molecule has 3 N–H and O–H groups in total. The lowest BCUT2D eigenvalue weighted by molar-refractivity contribution is 0.738. The van der Waals surface area contributed by atoms with Crippen molar-refractivity contribution in [2.24, 2.45) is 5.73 Å². The summed E-state index contributed by atoms with van der Waals surface area (Å²) in [5, 5.41) is 10.7. The largest absolute Gasteiger partial charge is 0.384 e. The van der Waals surface area contributed by atoms with E-state index in [-0.39, 0.29) is 5.84 Å². The molecule has 0 bridgehead atoms. The average molecular weight is 297 g/mol. The molecule has 0 aliphatic rings. The van der Waals surface area contributed by atoms with E-state index < -0.39 is 0 Å². The van der Waals surface area contributed by atoms with Crippen LogP contribution >= 0.6 is 11.3 Å². The summed E-state index contributed by atoms with van der Waals surface area (Å²) in [6.45, 7) is 0.649. The van der Waals surface area contributed by atoms with Crippen molar-refractivity contribution in [3.05, 3.63) is 70.2 Å². The van der Waals surface area contributed by atoms with Crippen LogP contribution < -0.4 is 5.73 Å². The molecule has 0 spiro atoms. The summed E-state index contributed by atoms with van der Waals surface area (Å²) in [6.07, 6.45) is 6.25. The first kappa shape index (κ1) is 13.5. The van der Waals surface area contributed by atoms with E-state index in [9.17, 15) is 0 Å². The van der Waals surface area contributed by atoms with Gasteiger partial charge in [0, 0.05) is 36.1 Å². The van der Waals surface area contributed by atoms with E-state index in [4.69, 9.17) is 11.1 Å². The minimum atomic E-state index is 0.0900. The molecule has 0 saturated carbocycles. The molecule has 0 fully saturated rings. The predicted octanol–water partition coefficient (Wildman–Crippen LogP) is 2.26. The van der Waals surface area contributed by atoms with Gasteiger partial charge < -0.3 is 10.3 Å². The number of imidazole rings is 1. The smallest absolute Gasteiger partial charge is 0.123 e. The Balaban J connectivity index is 1.86. The molecule has 3 rings (SSSR count). The van der Waals surface area contributed by atoms with Gasteiger partial charge in [-0.15, -0.1) is 11.3 Å². The number of thiazole rings is 1. The fourth-order valence-corrected chi connectivity index (χ4v) is 2.84. The highest BCUT2D eigenvalue weighted by Gasteiger charge is 2.09. The van der Waals surface area contributed by atoms with Gasteiger partial charge in [0.15, 0.2) is 0 Å². The van der Waals surface area contributed by atoms with Crippen LogP contribution in [0, 0.1) is 5.41 Å². The van der Waals surface area contributed by atoms with Gasteiger partial charge in [-0.2, -0.15) is 0 Å². The molecule has 3 aromatic rings. The van der Waals surface area contributed by atoms with E-state index in [0.29, 0.717) is 13.0 Å². The standard InChI is InChI=1S/C15H15N5S/c16-15(17)12-4-2-1-3-11(12)10-20-7-5-18-13(20)9-14-19-6-8-21-14/h1-8H,9-10H2,(H3,16,17). The lowest BCUT2D eigenvalue weighted by atomic mass is 10.1. The molecule has 0 amide bonds. The van der Waals surface area contributed by atoms with Crippen LogP contribution in [0.25, 0.3) is 0 Å². The van der Waals surface area contributed by atoms with Crippen LogP contribution in [0.2, 0.25) is 0 Å². The van der Waals surface area contributed by atoms with Crippen molar-refractivity contribution in [1.29, 1.82) is 5.41 Å². The Morgan fingerprint density at radius 1 is 1.24 bits per heavy atom. The van der Waals surface area contributed by atoms with Crippen molar-refractivity contribution in [3.8, 4) is 0 Å². The van der Waals surface area contributed by atoms with Gasteiger partial charge >= 0.3 is 0 Å². The third-order valence-electron chi connectivity index (χ3n) is 3.24. The maximum Gasteiger partial charge on any atom is 0.123 e. The molecule has 2 heterocycles. The first-order valence-electron chi connectivity index (χ1n) is 6.54. The number of amidine groups is 1. The molecule has 0 saturated heterocycles. The van der Waals surface area contributed by atoms with E-state index in [1.165, 1.54) is 0 Å². The third-order valence-corrected chi connectivity index (χ3v) is 4.02. The quantitative estimate of drug-likeness (QED) is 0.560. The predicted molar refractivity (Wildman–Crippen MR) is 83.7 cm³/mol. The molecule has 0 aliphatic heterocycles. The molecular weight excluding hydrogens is 282 g/mol. The summed E-state index contributed by atoms with van der Waals surface area (Å²) in [4.78, 5) is 8.70. The van der Waals surface area contributed by atoms with Gasteiger partial charge in [-0.1, -0.05) is 24.3 Å². The maximum absolute atomic E-state index is 7.66. The number of nitrogens with two attached hydrogens (primary N) is 1. The van der Waals surface area contributed by atoms with Crippen LogP contribution in [0.15, 0.2) is 48.2 Å². The van der Waals surface area contributed by atoms with E-state index >= 15 is 0 Å². The Labute approximate surface area is 126 Å². The fraction of sp³-hybridized carbons (Fsp3) is 0.133. The number of hydrogen-bond acceptors (Lipinski definition) is 4. The number of aromatic nitrogens is 3. The number of benzene rings is 1. The molecule has 6 heteroatoms. The van der Waals surface area contributed by atoms with Crippen LogP contribution in [-0.4, -0.2) is 20.4 Å². The maximum atomic E-state index is 7.66. The average Bonchev–Trinajstić information content (AvgIpc) is 3.12. The molecule has 21 heavy (non-hydrogen) atoms. The molecule has 5 nitrogen and oxygen atoms in total. The zero-order chi connectivity index (χ0) is 14.7. The number of hydrogen-bond donors (Lipinski definition) is 2. The SMILES string of the molecule is N=C(N)c1ccccc1Cn1ccnc1Cc1nccs1. The van der Waals surface area contributed by atoms with E-state index in [0.717, 1.165) is 22.0 Å². The Hall–Kier alpha value is -2.47. The van der Waals surface area contributed by atoms with Crippen molar-refractivity contribution in [2.45, 2.75) is 13.0 Å². The third kappa shape index (κ3) is 3.00. The highest BCUT2D eigenvalue weighted by atomic mass is 32.1. The van der Waals surface area contributed by atoms with Crippen LogP contribution in [0.1, 0.15) is 22.0 Å². The number of rotatable bonds is 5. The Kier molecular flexibility index (Phi) is 3.79. The first-order valence-corrected chi connectivity index (χ1v) is 7.42. The monoisotopic (exact) mass is 297 g/mol. The summed E-state index contributed by atoms with van der Waals surface area (Å²) in [5.41, 5.74) is 7.43. The topological polar surface area (TPSA) is 80.6 Å². The highest BCUT2D eigenvalue weighted by Crippen LogP contribution is 2.14. The zero-order valence-electron chi connectivity index (χ0n) is 11.4. The van der Waals surface area contributed by atoms with E-state index in [1.54, 1.807) is 23.7 Å². The summed E-state index contributed by atoms with van der Waals surface area (Å²) in [5.74, 6) is 1.05. The highest BCUT2D eigenvalue weighted by molar-refractivity contribution is 7.09. The molecule has 2 aromatic heterocycles. The van der Waals surface area contributed by atoms with Gasteiger partial charge in [0.2, 0.25) is 0 Å². The normalized spacial score (nSPS) is 10.7. The van der Waals surface area contributed by atoms with Crippen molar-refractivity contribution >= 4 is 17.2 Å². The zero-order valence-corrected chi connectivity index (χ0v) is 12.2. The van der Waals surface area contributed by atoms with E-state index in [1.807, 2.05) is 35.8 Å². The molecule has 106 valence electrons. The molecule has 0 unspecified atom stereocenters. The Morgan fingerprint density at radius 2 is 2.10 bits per heavy atom.